The molecule has 0 unspecified atom stereocenters. The molecule has 0 amide bonds. The van der Waals surface area contributed by atoms with Gasteiger partial charge < -0.3 is 0 Å². The highest BCUT2D eigenvalue weighted by atomic mass is 16.1. The first-order valence-corrected chi connectivity index (χ1v) is 4.74. The predicted molar refractivity (Wildman–Crippen MR) is 59.8 cm³/mol. The molecule has 0 aliphatic rings. The Hall–Kier alpha value is -2.47. The zero-order chi connectivity index (χ0) is 11.4. The molecule has 1 aromatic heterocycles. The lowest BCUT2D eigenvalue weighted by Gasteiger charge is -2.01. The van der Waals surface area contributed by atoms with Crippen LogP contribution in [0.3, 0.4) is 0 Å². The number of rotatable bonds is 2. The van der Waals surface area contributed by atoms with Crippen LogP contribution in [-0.2, 0) is 0 Å². The number of carbonyl (C=O) groups excluding carboxylic acids is 1. The standard InChI is InChI=1S/C13H8N2O/c14-6-11-5-13(8-15-7-11)12-3-1-2-10(4-12)9-16/h1-5,7-9H. The number of aromatic nitrogens is 1. The van der Waals surface area contributed by atoms with Crippen molar-refractivity contribution in [2.24, 2.45) is 0 Å². The fourth-order valence-electron chi connectivity index (χ4n) is 1.45. The van der Waals surface area contributed by atoms with Gasteiger partial charge in [0.2, 0.25) is 0 Å². The van der Waals surface area contributed by atoms with E-state index in [-0.39, 0.29) is 0 Å². The molecule has 0 saturated carbocycles. The Morgan fingerprint density at radius 3 is 2.81 bits per heavy atom. The van der Waals surface area contributed by atoms with Crippen molar-refractivity contribution in [3.8, 4) is 17.2 Å². The number of aldehydes is 1. The lowest BCUT2D eigenvalue weighted by Crippen LogP contribution is -1.85. The van der Waals surface area contributed by atoms with Gasteiger partial charge >= 0.3 is 0 Å². The van der Waals surface area contributed by atoms with Gasteiger partial charge in [0, 0.05) is 23.5 Å². The second-order valence-corrected chi connectivity index (χ2v) is 3.32. The zero-order valence-electron chi connectivity index (χ0n) is 8.42. The van der Waals surface area contributed by atoms with E-state index in [0.717, 1.165) is 17.4 Å². The third-order valence-electron chi connectivity index (χ3n) is 2.22. The summed E-state index contributed by atoms with van der Waals surface area (Å²) in [4.78, 5) is 14.6. The monoisotopic (exact) mass is 208 g/mol. The van der Waals surface area contributed by atoms with Crippen LogP contribution in [0.1, 0.15) is 15.9 Å². The van der Waals surface area contributed by atoms with Crippen LogP contribution in [0.2, 0.25) is 0 Å². The van der Waals surface area contributed by atoms with Gasteiger partial charge in [0.15, 0.2) is 0 Å². The Kier molecular flexibility index (Phi) is 2.75. The van der Waals surface area contributed by atoms with E-state index < -0.39 is 0 Å². The Morgan fingerprint density at radius 2 is 2.06 bits per heavy atom. The number of hydrogen-bond acceptors (Lipinski definition) is 3. The minimum atomic E-state index is 0.508. The van der Waals surface area contributed by atoms with E-state index in [9.17, 15) is 4.79 Å². The Labute approximate surface area is 93.0 Å². The second-order valence-electron chi connectivity index (χ2n) is 3.32. The molecule has 0 N–H and O–H groups in total. The van der Waals surface area contributed by atoms with Crippen molar-refractivity contribution in [2.45, 2.75) is 0 Å². The summed E-state index contributed by atoms with van der Waals surface area (Å²) < 4.78 is 0. The summed E-state index contributed by atoms with van der Waals surface area (Å²) in [7, 11) is 0. The average Bonchev–Trinajstić information content (AvgIpc) is 2.39. The van der Waals surface area contributed by atoms with Gasteiger partial charge in [0.25, 0.3) is 0 Å². The van der Waals surface area contributed by atoms with Crippen LogP contribution in [-0.4, -0.2) is 11.3 Å². The lowest BCUT2D eigenvalue weighted by atomic mass is 10.0. The number of hydrogen-bond donors (Lipinski definition) is 0. The van der Waals surface area contributed by atoms with E-state index in [2.05, 4.69) is 4.98 Å². The number of nitriles is 1. The van der Waals surface area contributed by atoms with Crippen LogP contribution >= 0.6 is 0 Å². The fraction of sp³-hybridized carbons (Fsp3) is 0. The van der Waals surface area contributed by atoms with Crippen molar-refractivity contribution >= 4 is 6.29 Å². The summed E-state index contributed by atoms with van der Waals surface area (Å²) in [6.45, 7) is 0. The molecule has 3 nitrogen and oxygen atoms in total. The zero-order valence-corrected chi connectivity index (χ0v) is 8.42. The summed E-state index contributed by atoms with van der Waals surface area (Å²) in [5.74, 6) is 0. The average molecular weight is 208 g/mol. The smallest absolute Gasteiger partial charge is 0.150 e. The minimum Gasteiger partial charge on any atom is -0.298 e. The molecule has 0 radical (unpaired) electrons. The van der Waals surface area contributed by atoms with Crippen molar-refractivity contribution in [3.05, 3.63) is 53.9 Å². The van der Waals surface area contributed by atoms with E-state index in [1.165, 1.54) is 6.20 Å². The number of benzene rings is 1. The molecule has 0 bridgehead atoms. The normalized spacial score (nSPS) is 9.44. The third kappa shape index (κ3) is 1.96. The lowest BCUT2D eigenvalue weighted by molar-refractivity contribution is 0.112. The predicted octanol–water partition coefficient (Wildman–Crippen LogP) is 2.43. The van der Waals surface area contributed by atoms with Gasteiger partial charge in [-0.15, -0.1) is 0 Å². The van der Waals surface area contributed by atoms with Crippen molar-refractivity contribution < 1.29 is 4.79 Å². The highest BCUT2D eigenvalue weighted by Gasteiger charge is 2.00. The summed E-state index contributed by atoms with van der Waals surface area (Å²) in [5, 5.41) is 8.76. The summed E-state index contributed by atoms with van der Waals surface area (Å²) in [6, 6.07) is 11.0. The molecular weight excluding hydrogens is 200 g/mol. The van der Waals surface area contributed by atoms with Gasteiger partial charge in [-0.25, -0.2) is 0 Å². The van der Waals surface area contributed by atoms with Gasteiger partial charge in [-0.3, -0.25) is 9.78 Å². The van der Waals surface area contributed by atoms with Gasteiger partial charge in [-0.05, 0) is 17.7 Å². The van der Waals surface area contributed by atoms with E-state index in [1.54, 1.807) is 30.5 Å². The first-order chi connectivity index (χ1) is 7.83. The maximum absolute atomic E-state index is 10.6. The summed E-state index contributed by atoms with van der Waals surface area (Å²) in [6.07, 6.45) is 3.98. The fourth-order valence-corrected chi connectivity index (χ4v) is 1.45. The Balaban J connectivity index is 2.50. The van der Waals surface area contributed by atoms with Crippen molar-refractivity contribution in [1.29, 1.82) is 5.26 Å². The van der Waals surface area contributed by atoms with Gasteiger partial charge in [-0.1, -0.05) is 18.2 Å². The molecular formula is C13H8N2O. The molecule has 3 heteroatoms. The van der Waals surface area contributed by atoms with Crippen LogP contribution in [0.15, 0.2) is 42.7 Å². The van der Waals surface area contributed by atoms with E-state index in [1.807, 2.05) is 12.1 Å². The van der Waals surface area contributed by atoms with Gasteiger partial charge in [0.1, 0.15) is 12.4 Å². The SMILES string of the molecule is N#Cc1cncc(-c2cccc(C=O)c2)c1. The van der Waals surface area contributed by atoms with Crippen LogP contribution in [0.5, 0.6) is 0 Å². The molecule has 2 rings (SSSR count). The highest BCUT2D eigenvalue weighted by molar-refractivity contribution is 5.78. The summed E-state index contributed by atoms with van der Waals surface area (Å²) in [5.41, 5.74) is 2.84. The van der Waals surface area contributed by atoms with Gasteiger partial charge in [0.05, 0.1) is 5.56 Å². The third-order valence-corrected chi connectivity index (χ3v) is 2.22. The molecule has 2 aromatic rings. The van der Waals surface area contributed by atoms with E-state index in [4.69, 9.17) is 5.26 Å². The van der Waals surface area contributed by atoms with Gasteiger partial charge in [-0.2, -0.15) is 5.26 Å². The van der Waals surface area contributed by atoms with E-state index in [0.29, 0.717) is 11.1 Å². The molecule has 0 saturated heterocycles. The van der Waals surface area contributed by atoms with Crippen LogP contribution in [0.25, 0.3) is 11.1 Å². The highest BCUT2D eigenvalue weighted by Crippen LogP contribution is 2.19. The quantitative estimate of drug-likeness (QED) is 0.712. The Morgan fingerprint density at radius 1 is 1.19 bits per heavy atom. The number of nitrogens with zero attached hydrogens (tertiary/aromatic N) is 2. The first kappa shape index (κ1) is 10.1. The van der Waals surface area contributed by atoms with Crippen molar-refractivity contribution in [3.63, 3.8) is 0 Å². The number of pyridine rings is 1. The molecule has 0 atom stereocenters. The Bertz CT molecular complexity index is 570. The van der Waals surface area contributed by atoms with Crippen molar-refractivity contribution in [2.75, 3.05) is 0 Å². The molecule has 0 spiro atoms. The minimum absolute atomic E-state index is 0.508. The topological polar surface area (TPSA) is 53.8 Å². The first-order valence-electron chi connectivity index (χ1n) is 4.74. The largest absolute Gasteiger partial charge is 0.298 e. The van der Waals surface area contributed by atoms with Crippen LogP contribution in [0, 0.1) is 11.3 Å². The maximum atomic E-state index is 10.6. The molecule has 16 heavy (non-hydrogen) atoms. The molecule has 0 aliphatic heterocycles. The van der Waals surface area contributed by atoms with Crippen molar-refractivity contribution in [1.82, 2.24) is 4.98 Å². The number of carbonyl (C=O) groups is 1. The second kappa shape index (κ2) is 4.37. The van der Waals surface area contributed by atoms with Crippen LogP contribution < -0.4 is 0 Å². The molecule has 76 valence electrons. The maximum Gasteiger partial charge on any atom is 0.150 e. The summed E-state index contributed by atoms with van der Waals surface area (Å²) >= 11 is 0. The molecule has 1 heterocycles. The molecule has 0 fully saturated rings. The van der Waals surface area contributed by atoms with E-state index >= 15 is 0 Å². The molecule has 0 aliphatic carbocycles. The molecule has 1 aromatic carbocycles. The van der Waals surface area contributed by atoms with Crippen LogP contribution in [0.4, 0.5) is 0 Å².